The number of rotatable bonds is 8. The second kappa shape index (κ2) is 13.1. The van der Waals surface area contributed by atoms with Crippen molar-refractivity contribution in [3.05, 3.63) is 35.2 Å². The van der Waals surface area contributed by atoms with Crippen LogP contribution in [0.15, 0.2) is 18.2 Å². The van der Waals surface area contributed by atoms with E-state index in [1.165, 1.54) is 37.2 Å². The third-order valence-corrected chi connectivity index (χ3v) is 8.64. The lowest BCUT2D eigenvalue weighted by Crippen LogP contribution is -2.60. The van der Waals surface area contributed by atoms with E-state index in [0.717, 1.165) is 49.7 Å². The number of nitrogens with one attached hydrogen (secondary N) is 2. The minimum absolute atomic E-state index is 0.0367. The molecule has 3 saturated heterocycles. The number of piperazine rings is 1. The number of alkyl carbamates (subject to hydrolysis) is 1. The number of nitrogens with zero attached hydrogens (tertiary/aromatic N) is 6. The minimum Gasteiger partial charge on any atom is -0.444 e. The van der Waals surface area contributed by atoms with Gasteiger partial charge in [0.15, 0.2) is 17.9 Å². The van der Waals surface area contributed by atoms with Gasteiger partial charge >= 0.3 is 6.09 Å². The molecule has 3 fully saturated rings. The first-order chi connectivity index (χ1) is 20.5. The van der Waals surface area contributed by atoms with Gasteiger partial charge in [-0.1, -0.05) is 6.92 Å². The predicted molar refractivity (Wildman–Crippen MR) is 171 cm³/mol. The molecular formula is C32H48N8O3. The fourth-order valence-electron chi connectivity index (χ4n) is 6.24. The molecule has 2 aromatic rings. The van der Waals surface area contributed by atoms with Crippen molar-refractivity contribution in [3.8, 4) is 0 Å². The number of aryl methyl sites for hydroxylation is 2. The van der Waals surface area contributed by atoms with Crippen molar-refractivity contribution in [2.45, 2.75) is 71.6 Å². The number of hydrogen-bond donors (Lipinski definition) is 2. The Kier molecular flexibility index (Phi) is 9.41. The molecule has 43 heavy (non-hydrogen) atoms. The largest absolute Gasteiger partial charge is 0.444 e. The topological polar surface area (TPSA) is 106 Å². The monoisotopic (exact) mass is 592 g/mol. The van der Waals surface area contributed by atoms with Crippen LogP contribution in [0.3, 0.4) is 0 Å². The summed E-state index contributed by atoms with van der Waals surface area (Å²) < 4.78 is 5.38. The number of aldehydes is 1. The number of aromatic nitrogens is 2. The molecule has 0 aliphatic carbocycles. The summed E-state index contributed by atoms with van der Waals surface area (Å²) in [6.45, 7) is 17.7. The molecule has 0 atom stereocenters. The summed E-state index contributed by atoms with van der Waals surface area (Å²) in [7, 11) is 2.21. The standard InChI is InChI=1S/C32H48N8O3/c1-7-26-30(40-19-24(20-40)34-31(42)43-32(3,4)5)36-29(27(21-41)35-26)33-23-8-9-28(22(2)18-23)39-12-10-25(11-13-39)38-16-14-37(6)15-17-38/h8-9,18,21,24-25H,7,10-17,19-20H2,1-6H3,(H,33,36)(H,34,42). The van der Waals surface area contributed by atoms with Crippen LogP contribution >= 0.6 is 0 Å². The quantitative estimate of drug-likeness (QED) is 0.440. The molecule has 0 spiro atoms. The Balaban J connectivity index is 1.22. The first-order valence-corrected chi connectivity index (χ1v) is 15.7. The van der Waals surface area contributed by atoms with Crippen molar-refractivity contribution in [1.82, 2.24) is 25.1 Å². The Morgan fingerprint density at radius 2 is 1.74 bits per heavy atom. The zero-order chi connectivity index (χ0) is 30.7. The molecule has 0 radical (unpaired) electrons. The van der Waals surface area contributed by atoms with Gasteiger partial charge in [-0.2, -0.15) is 0 Å². The highest BCUT2D eigenvalue weighted by Gasteiger charge is 2.33. The van der Waals surface area contributed by atoms with E-state index in [1.54, 1.807) is 0 Å². The number of carbonyl (C=O) groups excluding carboxylic acids is 2. The fraction of sp³-hybridized carbons (Fsp3) is 0.625. The molecule has 5 rings (SSSR count). The van der Waals surface area contributed by atoms with E-state index < -0.39 is 11.7 Å². The molecular weight excluding hydrogens is 544 g/mol. The average Bonchev–Trinajstić information content (AvgIpc) is 2.94. The number of hydrogen-bond acceptors (Lipinski definition) is 10. The number of piperidine rings is 1. The average molecular weight is 593 g/mol. The van der Waals surface area contributed by atoms with Gasteiger partial charge in [0, 0.05) is 69.8 Å². The first kappa shape index (κ1) is 31.0. The minimum atomic E-state index is -0.544. The molecule has 3 aliphatic heterocycles. The third-order valence-electron chi connectivity index (χ3n) is 8.64. The van der Waals surface area contributed by atoms with E-state index in [9.17, 15) is 9.59 Å². The van der Waals surface area contributed by atoms with E-state index in [-0.39, 0.29) is 11.7 Å². The second-order valence-corrected chi connectivity index (χ2v) is 13.1. The molecule has 11 nitrogen and oxygen atoms in total. The van der Waals surface area contributed by atoms with Crippen LogP contribution in [0.2, 0.25) is 0 Å². The molecule has 1 aromatic carbocycles. The molecule has 1 aromatic heterocycles. The Bertz CT molecular complexity index is 1290. The molecule has 4 heterocycles. The lowest BCUT2D eigenvalue weighted by atomic mass is 10.0. The van der Waals surface area contributed by atoms with Gasteiger partial charge in [0.1, 0.15) is 11.3 Å². The van der Waals surface area contributed by atoms with Gasteiger partial charge < -0.3 is 30.1 Å². The number of ether oxygens (including phenoxy) is 1. The lowest BCUT2D eigenvalue weighted by Gasteiger charge is -2.43. The van der Waals surface area contributed by atoms with Crippen LogP contribution in [0.1, 0.15) is 62.3 Å². The van der Waals surface area contributed by atoms with Gasteiger partial charge in [-0.15, -0.1) is 0 Å². The summed E-state index contributed by atoms with van der Waals surface area (Å²) in [6.07, 6.45) is 3.36. The van der Waals surface area contributed by atoms with E-state index in [1.807, 2.05) is 27.7 Å². The van der Waals surface area contributed by atoms with Gasteiger partial charge in [0.25, 0.3) is 0 Å². The summed E-state index contributed by atoms with van der Waals surface area (Å²) >= 11 is 0. The maximum Gasteiger partial charge on any atom is 0.407 e. The van der Waals surface area contributed by atoms with E-state index in [2.05, 4.69) is 67.4 Å². The Labute approximate surface area is 256 Å². The molecule has 0 saturated carbocycles. The molecule has 1 amide bonds. The molecule has 0 bridgehead atoms. The summed E-state index contributed by atoms with van der Waals surface area (Å²) in [5.74, 6) is 1.17. The van der Waals surface area contributed by atoms with Crippen molar-refractivity contribution in [3.63, 3.8) is 0 Å². The maximum absolute atomic E-state index is 12.2. The van der Waals surface area contributed by atoms with E-state index in [0.29, 0.717) is 31.4 Å². The molecule has 3 aliphatic rings. The number of amides is 1. The summed E-state index contributed by atoms with van der Waals surface area (Å²) in [6, 6.07) is 7.00. The zero-order valence-corrected chi connectivity index (χ0v) is 26.7. The Morgan fingerprint density at radius 3 is 2.35 bits per heavy atom. The van der Waals surface area contributed by atoms with Crippen molar-refractivity contribution >= 4 is 35.4 Å². The third kappa shape index (κ3) is 7.56. The van der Waals surface area contributed by atoms with Crippen molar-refractivity contribution in [2.24, 2.45) is 0 Å². The van der Waals surface area contributed by atoms with Crippen molar-refractivity contribution in [1.29, 1.82) is 0 Å². The van der Waals surface area contributed by atoms with Crippen LogP contribution in [0, 0.1) is 6.92 Å². The summed E-state index contributed by atoms with van der Waals surface area (Å²) in [5.41, 5.74) is 3.82. The Morgan fingerprint density at radius 1 is 1.05 bits per heavy atom. The van der Waals surface area contributed by atoms with Crippen LogP contribution < -0.4 is 20.4 Å². The van der Waals surface area contributed by atoms with Gasteiger partial charge in [-0.3, -0.25) is 9.69 Å². The number of likely N-dealkylation sites (N-methyl/N-ethyl adjacent to an activating group) is 1. The highest BCUT2D eigenvalue weighted by atomic mass is 16.6. The maximum atomic E-state index is 12.2. The molecule has 0 unspecified atom stereocenters. The fourth-order valence-corrected chi connectivity index (χ4v) is 6.24. The number of benzene rings is 1. The van der Waals surface area contributed by atoms with E-state index in [4.69, 9.17) is 9.72 Å². The Hall–Kier alpha value is -3.44. The number of anilines is 4. The molecule has 11 heteroatoms. The van der Waals surface area contributed by atoms with Crippen molar-refractivity contribution < 1.29 is 14.3 Å². The SMILES string of the molecule is CCc1nc(C=O)c(Nc2ccc(N3CCC(N4CCN(C)CC4)CC3)c(C)c2)nc1N1CC(NC(=O)OC(C)(C)C)C1. The summed E-state index contributed by atoms with van der Waals surface area (Å²) in [5, 5.41) is 6.28. The van der Waals surface area contributed by atoms with Gasteiger partial charge in [-0.05, 0) is 77.8 Å². The van der Waals surface area contributed by atoms with Crippen LogP contribution in [0.5, 0.6) is 0 Å². The van der Waals surface area contributed by atoms with Gasteiger partial charge in [0.2, 0.25) is 0 Å². The number of carbonyl (C=O) groups is 2. The molecule has 234 valence electrons. The van der Waals surface area contributed by atoms with Crippen molar-refractivity contribution in [2.75, 3.05) is 74.5 Å². The smallest absolute Gasteiger partial charge is 0.407 e. The zero-order valence-electron chi connectivity index (χ0n) is 26.7. The predicted octanol–water partition coefficient (Wildman–Crippen LogP) is 3.83. The second-order valence-electron chi connectivity index (χ2n) is 13.1. The van der Waals surface area contributed by atoms with Crippen LogP contribution in [0.25, 0.3) is 0 Å². The van der Waals surface area contributed by atoms with Crippen LogP contribution in [-0.4, -0.2) is 109 Å². The highest BCUT2D eigenvalue weighted by Crippen LogP contribution is 2.31. The van der Waals surface area contributed by atoms with Crippen LogP contribution in [0.4, 0.5) is 27.8 Å². The van der Waals surface area contributed by atoms with Gasteiger partial charge in [0.05, 0.1) is 11.7 Å². The highest BCUT2D eigenvalue weighted by molar-refractivity contribution is 5.83. The molecule has 2 N–H and O–H groups in total. The van der Waals surface area contributed by atoms with E-state index >= 15 is 0 Å². The normalized spacial score (nSPS) is 19.2. The first-order valence-electron chi connectivity index (χ1n) is 15.7. The lowest BCUT2D eigenvalue weighted by molar-refractivity contribution is 0.0495. The van der Waals surface area contributed by atoms with Gasteiger partial charge in [-0.25, -0.2) is 14.8 Å². The van der Waals surface area contributed by atoms with Crippen LogP contribution in [-0.2, 0) is 11.2 Å². The summed E-state index contributed by atoms with van der Waals surface area (Å²) in [4.78, 5) is 43.4.